The molecule has 0 unspecified atom stereocenters. The molecule has 28 rings (SSSR count). The van der Waals surface area contributed by atoms with Gasteiger partial charge in [-0.1, -0.05) is 305 Å². The van der Waals surface area contributed by atoms with Gasteiger partial charge in [0.1, 0.15) is 11.2 Å². The molecule has 1 aliphatic rings. The van der Waals surface area contributed by atoms with Gasteiger partial charge in [-0.15, -0.1) is 0 Å². The standard InChI is InChI=1S/C61H40N4.C58H34N4O/c1-61(2)51-27-9-5-21-42(51)45-25-15-26-47(58(45)61)59-46-24-6-10-28-52(46)62-60(63-59)40-19-13-20-41(32-40)64-53-29-11-7-23-44(53)50-36-48-39(35-56(50)64)18-14-31-55(48)65-54-30-12-8-22-43(54)49-33-37-16-3-4-17-38(37)34-57(49)65;1-2-16-36-33-50-46(32-35(36)15-1)41-21-6-10-27-48(41)62(50)57-40-20-4-3-17-37(40)34-51-55(57)43-23-7-11-28-49(43)61(51)39-19-13-18-38(31-39)58-59-47-26-9-5-22-42(47)56(60-58)45-25-14-30-53-54(45)44-24-8-12-29-52(44)63-53/h3-36H,1-2H3;1-34H. The van der Waals surface area contributed by atoms with Gasteiger partial charge in [0.05, 0.1) is 77.9 Å². The topological polar surface area (TPSA) is 84.4 Å². The molecule has 596 valence electrons. The van der Waals surface area contributed by atoms with E-state index in [0.717, 1.165) is 111 Å². The molecule has 0 bridgehead atoms. The van der Waals surface area contributed by atoms with E-state index in [0.29, 0.717) is 11.6 Å². The third kappa shape index (κ3) is 10.6. The van der Waals surface area contributed by atoms with Gasteiger partial charge in [-0.05, 0) is 176 Å². The van der Waals surface area contributed by atoms with Crippen LogP contribution in [0.25, 0.3) is 253 Å². The fourth-order valence-corrected chi connectivity index (χ4v) is 21.7. The minimum Gasteiger partial charge on any atom is -0.456 e. The van der Waals surface area contributed by atoms with Crippen molar-refractivity contribution in [3.63, 3.8) is 0 Å². The summed E-state index contributed by atoms with van der Waals surface area (Å²) in [6, 6.07) is 149. The largest absolute Gasteiger partial charge is 0.456 e. The van der Waals surface area contributed by atoms with E-state index in [4.69, 9.17) is 24.4 Å². The van der Waals surface area contributed by atoms with Gasteiger partial charge in [0.15, 0.2) is 11.6 Å². The normalized spacial score (nSPS) is 12.7. The van der Waals surface area contributed by atoms with Gasteiger partial charge in [-0.2, -0.15) is 0 Å². The van der Waals surface area contributed by atoms with Gasteiger partial charge in [0.25, 0.3) is 0 Å². The number of furan rings is 1. The molecule has 0 spiro atoms. The number of rotatable bonds is 8. The second kappa shape index (κ2) is 27.6. The van der Waals surface area contributed by atoms with Crippen LogP contribution in [0.4, 0.5) is 0 Å². The summed E-state index contributed by atoms with van der Waals surface area (Å²) in [5.74, 6) is 1.38. The summed E-state index contributed by atoms with van der Waals surface area (Å²) in [6.07, 6.45) is 0. The molecular formula is C119H74N8O. The molecule has 0 N–H and O–H groups in total. The van der Waals surface area contributed by atoms with Gasteiger partial charge >= 0.3 is 0 Å². The second-order valence-electron chi connectivity index (χ2n) is 34.7. The third-order valence-electron chi connectivity index (χ3n) is 27.3. The Bertz CT molecular complexity index is 9480. The summed E-state index contributed by atoms with van der Waals surface area (Å²) < 4.78 is 16.2. The van der Waals surface area contributed by atoms with E-state index in [1.165, 1.54) is 142 Å². The number of fused-ring (bicyclic) bond motifs is 24. The summed E-state index contributed by atoms with van der Waals surface area (Å²) >= 11 is 0. The van der Waals surface area contributed by atoms with Crippen LogP contribution < -0.4 is 0 Å². The number of hydrogen-bond donors (Lipinski definition) is 0. The van der Waals surface area contributed by atoms with Gasteiger partial charge in [-0.3, -0.25) is 0 Å². The van der Waals surface area contributed by atoms with Crippen molar-refractivity contribution in [1.82, 2.24) is 38.2 Å². The first-order chi connectivity index (χ1) is 63.2. The Hall–Kier alpha value is -16.9. The highest BCUT2D eigenvalue weighted by Gasteiger charge is 2.38. The van der Waals surface area contributed by atoms with Crippen LogP contribution in [0.1, 0.15) is 25.0 Å². The molecule has 0 aliphatic heterocycles. The Morgan fingerprint density at radius 1 is 0.234 bits per heavy atom. The van der Waals surface area contributed by atoms with Crippen molar-refractivity contribution in [2.45, 2.75) is 19.3 Å². The summed E-state index contributed by atoms with van der Waals surface area (Å²) in [6.45, 7) is 4.69. The zero-order chi connectivity index (χ0) is 84.1. The van der Waals surface area contributed by atoms with Crippen LogP contribution in [-0.4, -0.2) is 38.2 Å². The Morgan fingerprint density at radius 2 is 0.641 bits per heavy atom. The highest BCUT2D eigenvalue weighted by atomic mass is 16.3. The summed E-state index contributed by atoms with van der Waals surface area (Å²) in [5, 5.41) is 23.7. The summed E-state index contributed by atoms with van der Waals surface area (Å²) in [5.41, 5.74) is 28.3. The van der Waals surface area contributed by atoms with E-state index in [1.807, 2.05) is 24.3 Å². The predicted octanol–water partition coefficient (Wildman–Crippen LogP) is 31.1. The molecule has 9 nitrogen and oxygen atoms in total. The van der Waals surface area contributed by atoms with Gasteiger partial charge in [0.2, 0.25) is 0 Å². The van der Waals surface area contributed by atoms with Crippen LogP contribution >= 0.6 is 0 Å². The minimum atomic E-state index is -0.186. The quantitative estimate of drug-likeness (QED) is 0.151. The van der Waals surface area contributed by atoms with E-state index in [-0.39, 0.29) is 5.41 Å². The van der Waals surface area contributed by atoms with E-state index >= 15 is 0 Å². The van der Waals surface area contributed by atoms with Crippen molar-refractivity contribution in [3.05, 3.63) is 424 Å². The fourth-order valence-electron chi connectivity index (χ4n) is 21.7. The van der Waals surface area contributed by atoms with Crippen molar-refractivity contribution in [3.8, 4) is 79.2 Å². The lowest BCUT2D eigenvalue weighted by molar-refractivity contribution is 0.662. The van der Waals surface area contributed by atoms with Crippen molar-refractivity contribution in [2.75, 3.05) is 0 Å². The Balaban J connectivity index is 0.000000132. The highest BCUT2D eigenvalue weighted by molar-refractivity contribution is 6.24. The van der Waals surface area contributed by atoms with E-state index in [9.17, 15) is 0 Å². The van der Waals surface area contributed by atoms with E-state index in [2.05, 4.69) is 420 Å². The average molecular weight is 1630 g/mol. The summed E-state index contributed by atoms with van der Waals surface area (Å²) in [4.78, 5) is 21.4. The molecule has 0 atom stereocenters. The van der Waals surface area contributed by atoms with Crippen LogP contribution in [0.5, 0.6) is 0 Å². The van der Waals surface area contributed by atoms with Crippen molar-refractivity contribution in [2.24, 2.45) is 0 Å². The lowest BCUT2D eigenvalue weighted by Crippen LogP contribution is -2.16. The van der Waals surface area contributed by atoms with Crippen molar-refractivity contribution in [1.29, 1.82) is 0 Å². The molecule has 0 radical (unpaired) electrons. The molecule has 7 heterocycles. The smallest absolute Gasteiger partial charge is 0.160 e. The fraction of sp³-hybridized carbons (Fsp3) is 0.0252. The molecule has 20 aromatic carbocycles. The first kappa shape index (κ1) is 71.7. The monoisotopic (exact) mass is 1630 g/mol. The molecule has 1 aliphatic carbocycles. The van der Waals surface area contributed by atoms with Crippen LogP contribution in [0.15, 0.2) is 417 Å². The molecule has 0 fully saturated rings. The molecule has 9 heteroatoms. The first-order valence-electron chi connectivity index (χ1n) is 43.9. The Labute approximate surface area is 733 Å². The van der Waals surface area contributed by atoms with Gasteiger partial charge in [-0.25, -0.2) is 19.9 Å². The predicted molar refractivity (Wildman–Crippen MR) is 533 cm³/mol. The van der Waals surface area contributed by atoms with E-state index in [1.54, 1.807) is 0 Å². The van der Waals surface area contributed by atoms with Crippen molar-refractivity contribution < 1.29 is 4.42 Å². The van der Waals surface area contributed by atoms with Crippen LogP contribution in [0.2, 0.25) is 0 Å². The maximum Gasteiger partial charge on any atom is 0.160 e. The number of aromatic nitrogens is 8. The zero-order valence-electron chi connectivity index (χ0n) is 69.7. The molecule has 0 saturated heterocycles. The number of para-hydroxylation sites is 7. The van der Waals surface area contributed by atoms with Crippen LogP contribution in [-0.2, 0) is 5.41 Å². The number of hydrogen-bond acceptors (Lipinski definition) is 5. The maximum absolute atomic E-state index is 6.34. The Morgan fingerprint density at radius 3 is 1.29 bits per heavy atom. The maximum atomic E-state index is 6.34. The number of benzene rings is 20. The lowest BCUT2D eigenvalue weighted by atomic mass is 9.79. The van der Waals surface area contributed by atoms with Crippen LogP contribution in [0, 0.1) is 0 Å². The highest BCUT2D eigenvalue weighted by Crippen LogP contribution is 2.54. The molecule has 0 saturated carbocycles. The minimum absolute atomic E-state index is 0.186. The molecular weight excluding hydrogens is 1560 g/mol. The van der Waals surface area contributed by atoms with Gasteiger partial charge < -0.3 is 22.7 Å². The molecule has 0 amide bonds. The SMILES string of the molecule is CC1(C)c2ccccc2-c2cccc(-c3nc(-c4cccc(-n5c6ccccc6c6cc7c(-n8c9ccccc9c9cc%10ccccc%10cc98)cccc7cc65)c4)nc4ccccc34)c21.c1cc(-c2nc(-c3cccc4oc5ccccc5c34)c3ccccc3n2)cc(-n2c3ccccc3c3c(-n4c5ccccc5c5cc6ccccc6cc54)c4ccccc4cc32)c1. The van der Waals surface area contributed by atoms with Crippen molar-refractivity contribution >= 4 is 174 Å². The lowest BCUT2D eigenvalue weighted by Gasteiger charge is -2.24. The van der Waals surface area contributed by atoms with Gasteiger partial charge in [0, 0.05) is 114 Å². The van der Waals surface area contributed by atoms with E-state index < -0.39 is 0 Å². The third-order valence-corrected chi connectivity index (χ3v) is 27.3. The molecule has 7 aromatic heterocycles. The second-order valence-corrected chi connectivity index (χ2v) is 34.7. The molecule has 27 aromatic rings. The average Bonchev–Trinajstić information content (AvgIpc) is 1.54. The Kier molecular flexibility index (Phi) is 15.4. The first-order valence-corrected chi connectivity index (χ1v) is 43.9. The van der Waals surface area contributed by atoms with Crippen LogP contribution in [0.3, 0.4) is 0 Å². The summed E-state index contributed by atoms with van der Waals surface area (Å²) in [7, 11) is 0. The molecule has 128 heavy (non-hydrogen) atoms. The number of nitrogens with zero attached hydrogens (tertiary/aromatic N) is 8. The zero-order valence-corrected chi connectivity index (χ0v) is 69.7.